The smallest absolute Gasteiger partial charge is 0.246 e. The van der Waals surface area contributed by atoms with Gasteiger partial charge in [-0.05, 0) is 47.5 Å². The van der Waals surface area contributed by atoms with Crippen LogP contribution in [0.15, 0.2) is 18.2 Å². The van der Waals surface area contributed by atoms with Gasteiger partial charge in [0.2, 0.25) is 5.91 Å². The Bertz CT molecular complexity index is 609. The molecule has 0 aliphatic rings. The first-order valence-electron chi connectivity index (χ1n) is 6.22. The van der Waals surface area contributed by atoms with Crippen LogP contribution in [0.25, 0.3) is 5.69 Å². The van der Waals surface area contributed by atoms with Gasteiger partial charge in [0.1, 0.15) is 6.61 Å². The Morgan fingerprint density at radius 3 is 2.85 bits per heavy atom. The molecule has 0 atom stereocenters. The van der Waals surface area contributed by atoms with Crippen LogP contribution in [0.1, 0.15) is 17.0 Å². The third-order valence-electron chi connectivity index (χ3n) is 2.99. The second-order valence-electron chi connectivity index (χ2n) is 4.49. The lowest BCUT2D eigenvalue weighted by atomic mass is 10.1. The van der Waals surface area contributed by atoms with Gasteiger partial charge in [0.05, 0.1) is 12.2 Å². The number of aryl methyl sites for hydroxylation is 2. The molecule has 7 nitrogen and oxygen atoms in total. The largest absolute Gasteiger partial charge is 0.375 e. The molecule has 0 aliphatic heterocycles. The predicted octanol–water partition coefficient (Wildman–Crippen LogP) is 0.542. The van der Waals surface area contributed by atoms with E-state index in [0.717, 1.165) is 11.3 Å². The Kier molecular flexibility index (Phi) is 4.41. The number of carbonyl (C=O) groups is 1. The molecule has 2 rings (SSSR count). The Balaban J connectivity index is 2.15. The SMILES string of the molecule is COCC(=O)NCc1nnnn1-c1ccc(C)c(C)c1. The molecule has 106 valence electrons. The van der Waals surface area contributed by atoms with E-state index in [0.29, 0.717) is 5.82 Å². The number of hydrogen-bond acceptors (Lipinski definition) is 5. The standard InChI is InChI=1S/C13H17N5O2/c1-9-4-5-11(6-10(9)2)18-12(15-16-17-18)7-14-13(19)8-20-3/h4-6H,7-8H2,1-3H3,(H,14,19). The molecular formula is C13H17N5O2. The van der Waals surface area contributed by atoms with Crippen molar-refractivity contribution in [2.45, 2.75) is 20.4 Å². The number of amides is 1. The number of tetrazole rings is 1. The summed E-state index contributed by atoms with van der Waals surface area (Å²) in [5, 5.41) is 14.2. The van der Waals surface area contributed by atoms with Gasteiger partial charge < -0.3 is 10.1 Å². The summed E-state index contributed by atoms with van der Waals surface area (Å²) in [6.45, 7) is 4.35. The van der Waals surface area contributed by atoms with Crippen LogP contribution in [0, 0.1) is 13.8 Å². The highest BCUT2D eigenvalue weighted by molar-refractivity contribution is 5.77. The monoisotopic (exact) mass is 275 g/mol. The van der Waals surface area contributed by atoms with Crippen LogP contribution in [-0.2, 0) is 16.1 Å². The lowest BCUT2D eigenvalue weighted by Crippen LogP contribution is -2.28. The quantitative estimate of drug-likeness (QED) is 0.861. The fraction of sp³-hybridized carbons (Fsp3) is 0.385. The molecule has 1 aromatic heterocycles. The summed E-state index contributed by atoms with van der Waals surface area (Å²) in [7, 11) is 1.47. The van der Waals surface area contributed by atoms with Crippen LogP contribution in [0.4, 0.5) is 0 Å². The maximum Gasteiger partial charge on any atom is 0.246 e. The van der Waals surface area contributed by atoms with E-state index >= 15 is 0 Å². The van der Waals surface area contributed by atoms with E-state index in [1.165, 1.54) is 12.7 Å². The van der Waals surface area contributed by atoms with Crippen molar-refractivity contribution in [2.75, 3.05) is 13.7 Å². The maximum atomic E-state index is 11.4. The molecule has 0 saturated carbocycles. The molecule has 20 heavy (non-hydrogen) atoms. The first-order chi connectivity index (χ1) is 9.61. The highest BCUT2D eigenvalue weighted by Gasteiger charge is 2.10. The number of benzene rings is 1. The van der Waals surface area contributed by atoms with E-state index in [4.69, 9.17) is 4.74 Å². The van der Waals surface area contributed by atoms with Crippen molar-refractivity contribution in [1.82, 2.24) is 25.5 Å². The number of hydrogen-bond donors (Lipinski definition) is 1. The topological polar surface area (TPSA) is 81.9 Å². The fourth-order valence-corrected chi connectivity index (χ4v) is 1.73. The third kappa shape index (κ3) is 3.18. The molecule has 0 unspecified atom stereocenters. The van der Waals surface area contributed by atoms with E-state index in [1.54, 1.807) is 4.68 Å². The molecule has 2 aromatic rings. The van der Waals surface area contributed by atoms with Gasteiger partial charge in [0, 0.05) is 7.11 Å². The number of ether oxygens (including phenoxy) is 1. The third-order valence-corrected chi connectivity index (χ3v) is 2.99. The zero-order chi connectivity index (χ0) is 14.5. The molecule has 0 spiro atoms. The summed E-state index contributed by atoms with van der Waals surface area (Å²) in [6, 6.07) is 5.96. The van der Waals surface area contributed by atoms with E-state index < -0.39 is 0 Å². The normalized spacial score (nSPS) is 10.6. The summed E-state index contributed by atoms with van der Waals surface area (Å²) < 4.78 is 6.36. The Hall–Kier alpha value is -2.28. The van der Waals surface area contributed by atoms with Crippen LogP contribution < -0.4 is 5.32 Å². The first kappa shape index (κ1) is 14.1. The molecule has 0 aliphatic carbocycles. The lowest BCUT2D eigenvalue weighted by molar-refractivity contribution is -0.124. The van der Waals surface area contributed by atoms with Crippen molar-refractivity contribution in [1.29, 1.82) is 0 Å². The molecular weight excluding hydrogens is 258 g/mol. The molecule has 0 radical (unpaired) electrons. The average molecular weight is 275 g/mol. The summed E-state index contributed by atoms with van der Waals surface area (Å²) in [4.78, 5) is 11.4. The van der Waals surface area contributed by atoms with E-state index in [2.05, 4.69) is 20.8 Å². The van der Waals surface area contributed by atoms with Crippen molar-refractivity contribution in [3.8, 4) is 5.69 Å². The van der Waals surface area contributed by atoms with Gasteiger partial charge in [0.25, 0.3) is 0 Å². The summed E-state index contributed by atoms with van der Waals surface area (Å²) in [5.74, 6) is 0.361. The Labute approximate surface area is 116 Å². The molecule has 0 bridgehead atoms. The molecule has 0 fully saturated rings. The van der Waals surface area contributed by atoms with Crippen molar-refractivity contribution < 1.29 is 9.53 Å². The maximum absolute atomic E-state index is 11.4. The molecule has 0 saturated heterocycles. The minimum absolute atomic E-state index is 0.0191. The Morgan fingerprint density at radius 2 is 2.15 bits per heavy atom. The molecule has 1 aromatic carbocycles. The van der Waals surface area contributed by atoms with E-state index in [1.807, 2.05) is 32.0 Å². The summed E-state index contributed by atoms with van der Waals surface area (Å²) in [6.07, 6.45) is 0. The van der Waals surface area contributed by atoms with Gasteiger partial charge in [-0.2, -0.15) is 4.68 Å². The molecule has 1 amide bonds. The van der Waals surface area contributed by atoms with Gasteiger partial charge >= 0.3 is 0 Å². The van der Waals surface area contributed by atoms with Gasteiger partial charge in [-0.15, -0.1) is 5.10 Å². The van der Waals surface area contributed by atoms with Crippen LogP contribution in [0.2, 0.25) is 0 Å². The number of methoxy groups -OCH3 is 1. The van der Waals surface area contributed by atoms with Crippen molar-refractivity contribution in [2.24, 2.45) is 0 Å². The van der Waals surface area contributed by atoms with Crippen molar-refractivity contribution >= 4 is 5.91 Å². The van der Waals surface area contributed by atoms with E-state index in [-0.39, 0.29) is 19.1 Å². The highest BCUT2D eigenvalue weighted by Crippen LogP contribution is 2.13. The lowest BCUT2D eigenvalue weighted by Gasteiger charge is -2.08. The molecule has 1 N–H and O–H groups in total. The van der Waals surface area contributed by atoms with Gasteiger partial charge in [-0.1, -0.05) is 6.07 Å². The summed E-state index contributed by atoms with van der Waals surface area (Å²) >= 11 is 0. The number of carbonyl (C=O) groups excluding carboxylic acids is 1. The van der Waals surface area contributed by atoms with Gasteiger partial charge in [-0.25, -0.2) is 0 Å². The first-order valence-corrected chi connectivity index (χ1v) is 6.22. The second kappa shape index (κ2) is 6.25. The minimum Gasteiger partial charge on any atom is -0.375 e. The number of nitrogens with one attached hydrogen (secondary N) is 1. The Morgan fingerprint density at radius 1 is 1.35 bits per heavy atom. The highest BCUT2D eigenvalue weighted by atomic mass is 16.5. The zero-order valence-corrected chi connectivity index (χ0v) is 11.8. The number of rotatable bonds is 5. The molecule has 7 heteroatoms. The van der Waals surface area contributed by atoms with Gasteiger partial charge in [-0.3, -0.25) is 4.79 Å². The van der Waals surface area contributed by atoms with E-state index in [9.17, 15) is 4.79 Å². The predicted molar refractivity (Wildman–Crippen MR) is 72.4 cm³/mol. The average Bonchev–Trinajstić information content (AvgIpc) is 2.88. The van der Waals surface area contributed by atoms with Crippen molar-refractivity contribution in [3.05, 3.63) is 35.2 Å². The van der Waals surface area contributed by atoms with Crippen LogP contribution in [0.3, 0.4) is 0 Å². The van der Waals surface area contributed by atoms with Crippen molar-refractivity contribution in [3.63, 3.8) is 0 Å². The van der Waals surface area contributed by atoms with Crippen LogP contribution in [-0.4, -0.2) is 39.8 Å². The number of aromatic nitrogens is 4. The zero-order valence-electron chi connectivity index (χ0n) is 11.8. The number of nitrogens with zero attached hydrogens (tertiary/aromatic N) is 4. The van der Waals surface area contributed by atoms with Gasteiger partial charge in [0.15, 0.2) is 5.82 Å². The molecule has 1 heterocycles. The fourth-order valence-electron chi connectivity index (χ4n) is 1.73. The summed E-state index contributed by atoms with van der Waals surface area (Å²) in [5.41, 5.74) is 3.23. The minimum atomic E-state index is -0.206. The van der Waals surface area contributed by atoms with Crippen LogP contribution >= 0.6 is 0 Å². The second-order valence-corrected chi connectivity index (χ2v) is 4.49. The van der Waals surface area contributed by atoms with Crippen LogP contribution in [0.5, 0.6) is 0 Å².